The number of tetrazole rings is 1. The third-order valence-corrected chi connectivity index (χ3v) is 3.74. The van der Waals surface area contributed by atoms with Gasteiger partial charge in [0.05, 0.1) is 7.11 Å². The Morgan fingerprint density at radius 1 is 1.43 bits per heavy atom. The predicted octanol–water partition coefficient (Wildman–Crippen LogP) is -6.63. The maximum atomic E-state index is 11.9. The van der Waals surface area contributed by atoms with Gasteiger partial charge in [0.1, 0.15) is 0 Å². The molecule has 0 spiro atoms. The normalized spacial score (nSPS) is 20.3. The van der Waals surface area contributed by atoms with Crippen LogP contribution in [0, 0.1) is 0 Å². The van der Waals surface area contributed by atoms with Crippen LogP contribution in [0.25, 0.3) is 0 Å². The van der Waals surface area contributed by atoms with Crippen LogP contribution in [0.2, 0.25) is 0 Å². The summed E-state index contributed by atoms with van der Waals surface area (Å²) < 4.78 is 37.4. The first-order valence-corrected chi connectivity index (χ1v) is 6.96. The Morgan fingerprint density at radius 3 is 2.43 bits per heavy atom. The van der Waals surface area contributed by atoms with Gasteiger partial charge >= 0.3 is 35.5 Å². The van der Waals surface area contributed by atoms with E-state index in [0.29, 0.717) is 5.01 Å². The van der Waals surface area contributed by atoms with Crippen LogP contribution < -0.4 is 34.6 Å². The zero-order valence-electron chi connectivity index (χ0n) is 12.2. The molecule has 0 N–H and O–H groups in total. The van der Waals surface area contributed by atoms with E-state index in [9.17, 15) is 27.4 Å². The maximum absolute atomic E-state index is 11.9. The Morgan fingerprint density at radius 2 is 2.04 bits per heavy atom. The van der Waals surface area contributed by atoms with Gasteiger partial charge in [-0.1, -0.05) is 0 Å². The molecule has 2 heterocycles. The summed E-state index contributed by atoms with van der Waals surface area (Å²) in [4.78, 5) is 36.1. The van der Waals surface area contributed by atoms with E-state index in [0.717, 1.165) is 25.2 Å². The van der Waals surface area contributed by atoms with Gasteiger partial charge in [-0.05, 0) is 10.4 Å². The molecule has 1 aliphatic rings. The van der Waals surface area contributed by atoms with Crippen molar-refractivity contribution in [2.75, 3.05) is 12.1 Å². The number of hydrogen-bond donors (Lipinski definition) is 0. The van der Waals surface area contributed by atoms with E-state index in [1.165, 1.54) is 0 Å². The van der Waals surface area contributed by atoms with Crippen LogP contribution in [0.15, 0.2) is 6.33 Å². The minimum absolute atomic E-state index is 0. The summed E-state index contributed by atoms with van der Waals surface area (Å²) in [7, 11) is -4.31. The first kappa shape index (κ1) is 19.4. The molecule has 0 aliphatic carbocycles. The molecule has 2 atom stereocenters. The van der Waals surface area contributed by atoms with Crippen molar-refractivity contribution in [3.05, 3.63) is 6.33 Å². The van der Waals surface area contributed by atoms with E-state index in [1.54, 1.807) is 0 Å². The summed E-state index contributed by atoms with van der Waals surface area (Å²) in [5.41, 5.74) is 0. The van der Waals surface area contributed by atoms with E-state index < -0.39 is 40.2 Å². The molecule has 23 heavy (non-hydrogen) atoms. The number of aromatic nitrogens is 4. The first-order chi connectivity index (χ1) is 10.2. The van der Waals surface area contributed by atoms with Gasteiger partial charge in [0.15, 0.2) is 28.7 Å². The third kappa shape index (κ3) is 3.35. The number of β-lactam (4-membered cyclic amide) rings is 1. The summed E-state index contributed by atoms with van der Waals surface area (Å²) in [5.74, 6) is -3.21. The van der Waals surface area contributed by atoms with Crippen LogP contribution in [-0.2, 0) is 29.4 Å². The minimum atomic E-state index is -5.25. The molecule has 1 aromatic rings. The molecule has 2 amide bonds. The number of rotatable bonds is 4. The van der Waals surface area contributed by atoms with Crippen molar-refractivity contribution in [1.29, 1.82) is 0 Å². The molecule has 15 heteroatoms. The number of esters is 1. The fourth-order valence-electron chi connectivity index (χ4n) is 2.00. The average Bonchev–Trinajstić information content (AvgIpc) is 2.92. The molecule has 0 saturated carbocycles. The van der Waals surface area contributed by atoms with Crippen molar-refractivity contribution in [1.82, 2.24) is 24.6 Å². The van der Waals surface area contributed by atoms with Crippen molar-refractivity contribution in [2.45, 2.75) is 19.0 Å². The third-order valence-electron chi connectivity index (χ3n) is 2.85. The van der Waals surface area contributed by atoms with Crippen molar-refractivity contribution in [2.24, 2.45) is 0 Å². The number of nitrogens with zero attached hydrogens (tertiary/aromatic N) is 6. The number of amides is 2. The van der Waals surface area contributed by atoms with Gasteiger partial charge < -0.3 is 9.29 Å². The van der Waals surface area contributed by atoms with Crippen molar-refractivity contribution >= 4 is 28.1 Å². The minimum Gasteiger partial charge on any atom is -0.731 e. The zero-order valence-corrected chi connectivity index (χ0v) is 15.0. The first-order valence-electron chi connectivity index (χ1n) is 5.60. The fraction of sp³-hybridized carbons (Fsp3) is 0.500. The van der Waals surface area contributed by atoms with Gasteiger partial charge in [-0.2, -0.15) is 0 Å². The Balaban J connectivity index is 0.00000264. The van der Waals surface area contributed by atoms with Crippen LogP contribution in [0.1, 0.15) is 6.92 Å². The summed E-state index contributed by atoms with van der Waals surface area (Å²) in [6.07, 6.45) is 0.956. The Bertz CT molecular complexity index is 721. The zero-order chi connectivity index (χ0) is 16.7. The fourth-order valence-corrected chi connectivity index (χ4v) is 2.81. The second-order valence-electron chi connectivity index (χ2n) is 4.10. The van der Waals surface area contributed by atoms with Crippen molar-refractivity contribution in [3.8, 4) is 0 Å². The maximum Gasteiger partial charge on any atom is 1.00 e. The molecule has 0 bridgehead atoms. The number of methoxy groups -OCH3 is 1. The van der Waals surface area contributed by atoms with E-state index in [4.69, 9.17) is 0 Å². The van der Waals surface area contributed by atoms with Gasteiger partial charge in [-0.15, -0.1) is 9.89 Å². The predicted molar refractivity (Wildman–Crippen MR) is 62.9 cm³/mol. The van der Waals surface area contributed by atoms with Crippen molar-refractivity contribution < 1.29 is 61.6 Å². The van der Waals surface area contributed by atoms with Gasteiger partial charge in [0, 0.05) is 6.92 Å². The number of carbonyl (C=O) groups excluding carboxylic acids is 3. The largest absolute Gasteiger partial charge is 1.00 e. The average molecular weight is 356 g/mol. The van der Waals surface area contributed by atoms with E-state index >= 15 is 0 Å². The monoisotopic (exact) mass is 356 g/mol. The second kappa shape index (κ2) is 6.88. The Labute approximate surface area is 151 Å². The molecule has 1 aliphatic heterocycles. The number of carbonyl (C=O) groups is 3. The van der Waals surface area contributed by atoms with Gasteiger partial charge in [0.2, 0.25) is 5.91 Å². The summed E-state index contributed by atoms with van der Waals surface area (Å²) in [5, 5.41) is 10.6. The van der Waals surface area contributed by atoms with E-state index in [2.05, 4.69) is 20.3 Å². The molecule has 1 fully saturated rings. The topological polar surface area (TPSA) is 168 Å². The van der Waals surface area contributed by atoms with Gasteiger partial charge in [0.25, 0.3) is 5.91 Å². The Hall–Kier alpha value is -1.61. The molecule has 13 nitrogen and oxygen atoms in total. The van der Waals surface area contributed by atoms with Crippen LogP contribution >= 0.6 is 0 Å². The smallest absolute Gasteiger partial charge is 0.731 e. The van der Waals surface area contributed by atoms with Gasteiger partial charge in [-0.3, -0.25) is 9.59 Å². The van der Waals surface area contributed by atoms with Gasteiger partial charge in [-0.25, -0.2) is 22.5 Å². The quantitative estimate of drug-likeness (QED) is 0.219. The standard InChI is InChI=1S/C8H10N6O7S.Na/c1-4(15)13(12-3-9-10-11-12)5-6(8(17)21-2)14(7(5)16)22(18,19)20;/h3,5-6H,1-2H3,(H,18,19,20);/q;+1/p-1. The summed E-state index contributed by atoms with van der Waals surface area (Å²) in [6, 6.07) is -3.43. The molecular weight excluding hydrogens is 347 g/mol. The van der Waals surface area contributed by atoms with E-state index in [-0.39, 0.29) is 33.9 Å². The summed E-state index contributed by atoms with van der Waals surface area (Å²) in [6.45, 7) is 1.04. The summed E-state index contributed by atoms with van der Waals surface area (Å²) >= 11 is 0. The van der Waals surface area contributed by atoms with Crippen LogP contribution in [-0.4, -0.2) is 74.6 Å². The van der Waals surface area contributed by atoms with E-state index in [1.807, 2.05) is 0 Å². The molecule has 2 rings (SSSR count). The van der Waals surface area contributed by atoms with Crippen LogP contribution in [0.4, 0.5) is 0 Å². The SMILES string of the molecule is COC(=O)C1C(N(C(C)=O)n2cnnn2)C(=O)N1S(=O)(=O)[O-].[Na+]. The van der Waals surface area contributed by atoms with Crippen molar-refractivity contribution in [3.63, 3.8) is 0 Å². The molecule has 2 unspecified atom stereocenters. The van der Waals surface area contributed by atoms with Crippen LogP contribution in [0.3, 0.4) is 0 Å². The second-order valence-corrected chi connectivity index (χ2v) is 5.35. The Kier molecular flexibility index (Phi) is 5.81. The molecular formula is C8H9N6NaO7S. The van der Waals surface area contributed by atoms with Crippen LogP contribution in [0.5, 0.6) is 0 Å². The number of hydrogen-bond acceptors (Lipinski definition) is 10. The molecule has 0 radical (unpaired) electrons. The molecule has 1 aromatic heterocycles. The molecule has 0 aromatic carbocycles. The molecule has 120 valence electrons. The number of ether oxygens (including phenoxy) is 1. The molecule has 1 saturated heterocycles.